The highest BCUT2D eigenvalue weighted by Gasteiger charge is 2.09. The number of halogens is 1. The molecule has 2 rings (SSSR count). The van der Waals surface area contributed by atoms with Crippen LogP contribution in [0.15, 0.2) is 59.6 Å². The van der Waals surface area contributed by atoms with Crippen molar-refractivity contribution < 1.29 is 4.79 Å². The Morgan fingerprint density at radius 3 is 2.45 bits per heavy atom. The first kappa shape index (κ1) is 13.9. The molecule has 3 nitrogen and oxygen atoms in total. The van der Waals surface area contributed by atoms with Gasteiger partial charge in [0.25, 0.3) is 5.91 Å². The summed E-state index contributed by atoms with van der Waals surface area (Å²) in [6, 6.07) is 18.1. The van der Waals surface area contributed by atoms with E-state index in [1.807, 2.05) is 36.4 Å². The second-order valence-electron chi connectivity index (χ2n) is 4.01. The fourth-order valence-corrected chi connectivity index (χ4v) is 1.81. The molecule has 0 saturated heterocycles. The van der Waals surface area contributed by atoms with E-state index in [1.165, 1.54) is 0 Å². The van der Waals surface area contributed by atoms with Gasteiger partial charge >= 0.3 is 0 Å². The minimum atomic E-state index is -0.446. The van der Waals surface area contributed by atoms with Gasteiger partial charge in [-0.25, -0.2) is 0 Å². The van der Waals surface area contributed by atoms with Gasteiger partial charge in [0.15, 0.2) is 0 Å². The molecule has 0 aliphatic heterocycles. The highest BCUT2D eigenvalue weighted by molar-refractivity contribution is 6.45. The monoisotopic (exact) mass is 282 g/mol. The van der Waals surface area contributed by atoms with Crippen LogP contribution in [-0.4, -0.2) is 5.91 Å². The van der Waals surface area contributed by atoms with E-state index in [9.17, 15) is 4.79 Å². The number of rotatable bonds is 3. The minimum absolute atomic E-state index is 0.0592. The highest BCUT2D eigenvalue weighted by atomic mass is 35.5. The molecule has 4 heteroatoms. The number of para-hydroxylation sites is 1. The zero-order valence-corrected chi connectivity index (χ0v) is 11.3. The molecule has 0 atom stereocenters. The zero-order chi connectivity index (χ0) is 14.4. The van der Waals surface area contributed by atoms with Crippen molar-refractivity contribution in [3.8, 4) is 6.07 Å². The maximum atomic E-state index is 12.0. The standard InChI is InChI=1S/C16H11ClN2O/c17-14(10-12-6-2-1-3-7-12)16(20)19-15-9-5-4-8-13(15)11-18/h1-10H,(H,19,20). The molecule has 20 heavy (non-hydrogen) atoms. The Balaban J connectivity index is 2.16. The van der Waals surface area contributed by atoms with Crippen molar-refractivity contribution >= 4 is 29.3 Å². The Hall–Kier alpha value is -2.57. The van der Waals surface area contributed by atoms with Crippen LogP contribution in [-0.2, 0) is 4.79 Å². The number of carbonyl (C=O) groups is 1. The molecule has 0 aromatic heterocycles. The number of nitrogens with zero attached hydrogens (tertiary/aromatic N) is 1. The van der Waals surface area contributed by atoms with Crippen molar-refractivity contribution in [1.29, 1.82) is 5.26 Å². The van der Waals surface area contributed by atoms with Gasteiger partial charge < -0.3 is 5.32 Å². The molecule has 0 bridgehead atoms. The zero-order valence-electron chi connectivity index (χ0n) is 10.5. The van der Waals surface area contributed by atoms with Gasteiger partial charge in [-0.05, 0) is 23.8 Å². The second-order valence-corrected chi connectivity index (χ2v) is 4.42. The minimum Gasteiger partial charge on any atom is -0.320 e. The Labute approximate surface area is 122 Å². The Morgan fingerprint density at radius 1 is 1.10 bits per heavy atom. The van der Waals surface area contributed by atoms with Crippen LogP contribution in [0.3, 0.4) is 0 Å². The molecule has 0 radical (unpaired) electrons. The third-order valence-electron chi connectivity index (χ3n) is 2.61. The molecule has 0 saturated carbocycles. The second kappa shape index (κ2) is 6.55. The van der Waals surface area contributed by atoms with Crippen LogP contribution in [0.5, 0.6) is 0 Å². The van der Waals surface area contributed by atoms with E-state index in [2.05, 4.69) is 5.32 Å². The van der Waals surface area contributed by atoms with Crippen LogP contribution in [0.1, 0.15) is 11.1 Å². The van der Waals surface area contributed by atoms with Crippen molar-refractivity contribution in [3.05, 3.63) is 70.8 Å². The number of amides is 1. The number of benzene rings is 2. The van der Waals surface area contributed by atoms with Crippen molar-refractivity contribution in [3.63, 3.8) is 0 Å². The Morgan fingerprint density at radius 2 is 1.75 bits per heavy atom. The van der Waals surface area contributed by atoms with Crippen molar-refractivity contribution in [2.45, 2.75) is 0 Å². The van der Waals surface area contributed by atoms with Crippen LogP contribution in [0.4, 0.5) is 5.69 Å². The molecule has 2 aromatic rings. The third kappa shape index (κ3) is 3.47. The number of nitriles is 1. The topological polar surface area (TPSA) is 52.9 Å². The van der Waals surface area contributed by atoms with E-state index in [-0.39, 0.29) is 5.03 Å². The summed E-state index contributed by atoms with van der Waals surface area (Å²) in [6.45, 7) is 0. The molecule has 0 unspecified atom stereocenters. The largest absolute Gasteiger partial charge is 0.320 e. The molecule has 98 valence electrons. The lowest BCUT2D eigenvalue weighted by molar-refractivity contribution is -0.112. The predicted octanol–water partition coefficient (Wildman–Crippen LogP) is 3.78. The third-order valence-corrected chi connectivity index (χ3v) is 2.89. The summed E-state index contributed by atoms with van der Waals surface area (Å²) in [4.78, 5) is 12.0. The molecular weight excluding hydrogens is 272 g/mol. The van der Waals surface area contributed by atoms with Crippen molar-refractivity contribution in [1.82, 2.24) is 0 Å². The molecular formula is C16H11ClN2O. The molecule has 0 heterocycles. The lowest BCUT2D eigenvalue weighted by Crippen LogP contribution is -2.12. The van der Waals surface area contributed by atoms with Crippen LogP contribution in [0.25, 0.3) is 6.08 Å². The first-order chi connectivity index (χ1) is 9.70. The Kier molecular flexibility index (Phi) is 4.54. The smallest absolute Gasteiger partial charge is 0.267 e. The number of nitrogens with one attached hydrogen (secondary N) is 1. The van der Waals surface area contributed by atoms with Gasteiger partial charge in [0, 0.05) is 0 Å². The number of anilines is 1. The lowest BCUT2D eigenvalue weighted by atomic mass is 10.2. The van der Waals surface area contributed by atoms with E-state index in [0.717, 1.165) is 5.56 Å². The average Bonchev–Trinajstić information content (AvgIpc) is 2.48. The van der Waals surface area contributed by atoms with E-state index >= 15 is 0 Å². The van der Waals surface area contributed by atoms with E-state index < -0.39 is 5.91 Å². The first-order valence-electron chi connectivity index (χ1n) is 5.93. The molecule has 1 N–H and O–H groups in total. The number of hydrogen-bond acceptors (Lipinski definition) is 2. The fourth-order valence-electron chi connectivity index (χ4n) is 1.63. The normalized spacial score (nSPS) is 10.7. The summed E-state index contributed by atoms with van der Waals surface area (Å²) in [6.07, 6.45) is 1.58. The average molecular weight is 283 g/mol. The van der Waals surface area contributed by atoms with E-state index in [1.54, 1.807) is 30.3 Å². The van der Waals surface area contributed by atoms with Gasteiger partial charge in [-0.1, -0.05) is 54.1 Å². The summed E-state index contributed by atoms with van der Waals surface area (Å²) in [5, 5.41) is 11.6. The van der Waals surface area contributed by atoms with Crippen molar-refractivity contribution in [2.75, 3.05) is 5.32 Å². The summed E-state index contributed by atoms with van der Waals surface area (Å²) < 4.78 is 0. The summed E-state index contributed by atoms with van der Waals surface area (Å²) in [7, 11) is 0. The van der Waals surface area contributed by atoms with Gasteiger partial charge in [-0.2, -0.15) is 5.26 Å². The highest BCUT2D eigenvalue weighted by Crippen LogP contribution is 2.17. The van der Waals surface area contributed by atoms with Gasteiger partial charge in [0.2, 0.25) is 0 Å². The molecule has 1 amide bonds. The number of carbonyl (C=O) groups excluding carboxylic acids is 1. The van der Waals surface area contributed by atoms with E-state index in [4.69, 9.17) is 16.9 Å². The maximum Gasteiger partial charge on any atom is 0.267 e. The molecule has 0 spiro atoms. The summed E-state index contributed by atoms with van der Waals surface area (Å²) in [5.74, 6) is -0.446. The first-order valence-corrected chi connectivity index (χ1v) is 6.31. The number of hydrogen-bond donors (Lipinski definition) is 1. The lowest BCUT2D eigenvalue weighted by Gasteiger charge is -2.05. The summed E-state index contributed by atoms with van der Waals surface area (Å²) in [5.41, 5.74) is 1.67. The van der Waals surface area contributed by atoms with Gasteiger partial charge in [-0.3, -0.25) is 4.79 Å². The van der Waals surface area contributed by atoms with Crippen LogP contribution in [0, 0.1) is 11.3 Å². The molecule has 2 aromatic carbocycles. The van der Waals surface area contributed by atoms with Gasteiger partial charge in [0.05, 0.1) is 11.3 Å². The van der Waals surface area contributed by atoms with Crippen LogP contribution < -0.4 is 5.32 Å². The van der Waals surface area contributed by atoms with Crippen molar-refractivity contribution in [2.24, 2.45) is 0 Å². The summed E-state index contributed by atoms with van der Waals surface area (Å²) >= 11 is 5.98. The molecule has 0 fully saturated rings. The maximum absolute atomic E-state index is 12.0. The van der Waals surface area contributed by atoms with Gasteiger partial charge in [-0.15, -0.1) is 0 Å². The van der Waals surface area contributed by atoms with Crippen LogP contribution >= 0.6 is 11.6 Å². The van der Waals surface area contributed by atoms with Crippen LogP contribution in [0.2, 0.25) is 0 Å². The molecule has 0 aliphatic carbocycles. The van der Waals surface area contributed by atoms with E-state index in [0.29, 0.717) is 11.3 Å². The fraction of sp³-hybridized carbons (Fsp3) is 0. The Bertz CT molecular complexity index is 687. The SMILES string of the molecule is N#Cc1ccccc1NC(=O)C(Cl)=Cc1ccccc1. The molecule has 0 aliphatic rings. The quantitative estimate of drug-likeness (QED) is 0.871. The van der Waals surface area contributed by atoms with Gasteiger partial charge in [0.1, 0.15) is 11.1 Å². The predicted molar refractivity (Wildman–Crippen MR) is 80.1 cm³/mol.